The molecule has 1 aliphatic heterocycles. The van der Waals surface area contributed by atoms with Gasteiger partial charge in [-0.1, -0.05) is 37.4 Å². The van der Waals surface area contributed by atoms with Crippen LogP contribution < -0.4 is 10.4 Å². The second-order valence-corrected chi connectivity index (χ2v) is 22.8. The normalized spacial score (nSPS) is 13.3. The van der Waals surface area contributed by atoms with Crippen LogP contribution in [-0.4, -0.2) is 58.7 Å². The Hall–Kier alpha value is -5.10. The maximum Gasteiger partial charge on any atom is 0.323 e. The SMILES string of the molecule is CCn1c2ccccc2c2cc(-c3cc(C)c(-c4cc(C)c(-c5cc6c(s5)-c5sc(/C=C(\C#N)C(=O)N(CC(=O)O)CC(=O)O)cc5[Si]6(C)C)s4)s3)ccc21. The number of carbonyl (C=O) groups excluding carboxylic acids is 1. The third kappa shape index (κ3) is 6.28. The van der Waals surface area contributed by atoms with Gasteiger partial charge in [-0.3, -0.25) is 14.4 Å². The minimum atomic E-state index is -2.12. The van der Waals surface area contributed by atoms with Gasteiger partial charge >= 0.3 is 11.9 Å². The lowest BCUT2D eigenvalue weighted by Crippen LogP contribution is -2.48. The number of rotatable bonds is 10. The number of nitriles is 1. The van der Waals surface area contributed by atoms with Gasteiger partial charge in [0.05, 0.1) is 0 Å². The van der Waals surface area contributed by atoms with Crippen LogP contribution >= 0.6 is 45.3 Å². The standard InChI is InChI=1S/C42H35N3O5S4Si/c1-6-45-29-10-8-7-9-27(29)28-16-24(11-12-30(28)45)31-13-22(2)38(52-31)32-14-23(3)39(53-32)33-18-35-41(54-33)40-34(55(35,4)5)17-26(51-40)15-25(19-43)42(50)44(20-36(46)47)21-37(48)49/h7-18H,6,20-21H2,1-5H3,(H,46,47)(H,48,49)/b25-15+. The summed E-state index contributed by atoms with van der Waals surface area (Å²) in [6.07, 6.45) is 1.45. The van der Waals surface area contributed by atoms with E-state index in [1.807, 2.05) is 34.8 Å². The predicted octanol–water partition coefficient (Wildman–Crippen LogP) is 9.39. The van der Waals surface area contributed by atoms with Gasteiger partial charge in [-0.15, -0.1) is 45.3 Å². The van der Waals surface area contributed by atoms with Gasteiger partial charge in [0.25, 0.3) is 5.91 Å². The molecule has 2 aromatic carbocycles. The molecule has 6 heterocycles. The van der Waals surface area contributed by atoms with Gasteiger partial charge in [0.2, 0.25) is 0 Å². The van der Waals surface area contributed by atoms with Crippen molar-refractivity contribution in [3.63, 3.8) is 0 Å². The molecule has 0 saturated carbocycles. The summed E-state index contributed by atoms with van der Waals surface area (Å²) < 4.78 is 2.38. The van der Waals surface area contributed by atoms with Crippen molar-refractivity contribution in [2.24, 2.45) is 0 Å². The third-order valence-electron chi connectivity index (χ3n) is 10.3. The minimum Gasteiger partial charge on any atom is -0.480 e. The summed E-state index contributed by atoms with van der Waals surface area (Å²) in [5.41, 5.74) is 5.95. The van der Waals surface area contributed by atoms with Crippen LogP contribution in [0.4, 0.5) is 0 Å². The number of para-hydroxylation sites is 1. The number of benzene rings is 2. The highest BCUT2D eigenvalue weighted by Gasteiger charge is 2.41. The van der Waals surface area contributed by atoms with Gasteiger partial charge < -0.3 is 19.7 Å². The average molecular weight is 818 g/mol. The van der Waals surface area contributed by atoms with Crippen LogP contribution in [0.5, 0.6) is 0 Å². The number of fused-ring (bicyclic) bond motifs is 6. The van der Waals surface area contributed by atoms with Crippen LogP contribution in [0, 0.1) is 25.2 Å². The number of carbonyl (C=O) groups is 3. The number of amides is 1. The zero-order chi connectivity index (χ0) is 38.9. The lowest BCUT2D eigenvalue weighted by Gasteiger charge is -2.17. The molecule has 1 aliphatic rings. The molecule has 0 saturated heterocycles. The molecule has 0 aliphatic carbocycles. The fourth-order valence-corrected chi connectivity index (χ4v) is 17.5. The van der Waals surface area contributed by atoms with Crippen molar-refractivity contribution in [3.8, 4) is 45.8 Å². The van der Waals surface area contributed by atoms with Gasteiger partial charge in [0.1, 0.15) is 32.8 Å². The molecule has 8 nitrogen and oxygen atoms in total. The van der Waals surface area contributed by atoms with Crippen LogP contribution in [0.25, 0.3) is 67.6 Å². The number of aryl methyl sites for hydroxylation is 3. The number of hydrogen-bond donors (Lipinski definition) is 2. The molecule has 2 N–H and O–H groups in total. The van der Waals surface area contributed by atoms with E-state index in [0.29, 0.717) is 9.78 Å². The molecule has 0 atom stereocenters. The Labute approximate surface area is 334 Å². The highest BCUT2D eigenvalue weighted by atomic mass is 32.1. The van der Waals surface area contributed by atoms with Crippen molar-refractivity contribution >= 4 is 110 Å². The average Bonchev–Trinajstić information content (AvgIpc) is 3.99. The Morgan fingerprint density at radius 3 is 2.02 bits per heavy atom. The highest BCUT2D eigenvalue weighted by Crippen LogP contribution is 2.48. The number of hydrogen-bond acceptors (Lipinski definition) is 8. The van der Waals surface area contributed by atoms with E-state index < -0.39 is 39.0 Å². The van der Waals surface area contributed by atoms with E-state index >= 15 is 0 Å². The summed E-state index contributed by atoms with van der Waals surface area (Å²) in [4.78, 5) is 45.7. The van der Waals surface area contributed by atoms with Gasteiger partial charge in [-0.05, 0) is 96.4 Å². The third-order valence-corrected chi connectivity index (χ3v) is 19.4. The molecule has 0 unspecified atom stereocenters. The molecule has 13 heteroatoms. The minimum absolute atomic E-state index is 0.299. The number of nitrogens with zero attached hydrogens (tertiary/aromatic N) is 3. The van der Waals surface area contributed by atoms with E-state index in [9.17, 15) is 29.9 Å². The molecular formula is C42H35N3O5S4Si. The van der Waals surface area contributed by atoms with Crippen LogP contribution in [0.15, 0.2) is 72.3 Å². The van der Waals surface area contributed by atoms with Crippen molar-refractivity contribution in [3.05, 3.63) is 88.3 Å². The summed E-state index contributed by atoms with van der Waals surface area (Å²) in [6, 6.07) is 26.4. The summed E-state index contributed by atoms with van der Waals surface area (Å²) in [5, 5.41) is 33.4. The van der Waals surface area contributed by atoms with Crippen LogP contribution in [-0.2, 0) is 20.9 Å². The maximum atomic E-state index is 13.1. The molecule has 276 valence electrons. The molecule has 5 aromatic heterocycles. The topological polar surface area (TPSA) is 124 Å². The van der Waals surface area contributed by atoms with E-state index in [1.165, 1.54) is 95.5 Å². The summed E-state index contributed by atoms with van der Waals surface area (Å²) in [6.45, 7) is 10.5. The molecule has 1 amide bonds. The first-order chi connectivity index (χ1) is 26.3. The van der Waals surface area contributed by atoms with Crippen molar-refractivity contribution in [2.45, 2.75) is 40.4 Å². The highest BCUT2D eigenvalue weighted by molar-refractivity contribution is 7.32. The lowest BCUT2D eigenvalue weighted by molar-refractivity contribution is -0.147. The number of carboxylic acids is 2. The number of carboxylic acid groups (broad SMARTS) is 2. The molecule has 8 rings (SSSR count). The van der Waals surface area contributed by atoms with Crippen LogP contribution in [0.2, 0.25) is 13.1 Å². The van der Waals surface area contributed by atoms with E-state index in [4.69, 9.17) is 0 Å². The predicted molar refractivity (Wildman–Crippen MR) is 230 cm³/mol. The van der Waals surface area contributed by atoms with Gasteiger partial charge in [-0.25, -0.2) is 0 Å². The summed E-state index contributed by atoms with van der Waals surface area (Å²) in [5.74, 6) is -3.64. The smallest absolute Gasteiger partial charge is 0.323 e. The molecular weight excluding hydrogens is 783 g/mol. The zero-order valence-corrected chi connectivity index (χ0v) is 34.9. The Kier molecular flexibility index (Phi) is 9.30. The van der Waals surface area contributed by atoms with E-state index in [-0.39, 0.29) is 5.57 Å². The lowest BCUT2D eigenvalue weighted by atomic mass is 10.1. The Bertz CT molecular complexity index is 2810. The zero-order valence-electron chi connectivity index (χ0n) is 30.6. The second kappa shape index (κ2) is 13.9. The first-order valence-corrected chi connectivity index (χ1v) is 23.9. The van der Waals surface area contributed by atoms with Gasteiger partial charge in [0, 0.05) is 67.4 Å². The van der Waals surface area contributed by atoms with E-state index in [2.05, 4.69) is 99.1 Å². The Morgan fingerprint density at radius 2 is 1.35 bits per heavy atom. The van der Waals surface area contributed by atoms with Crippen molar-refractivity contribution in [2.75, 3.05) is 13.1 Å². The monoisotopic (exact) mass is 817 g/mol. The summed E-state index contributed by atoms with van der Waals surface area (Å²) in [7, 11) is -2.12. The number of aromatic nitrogens is 1. The summed E-state index contributed by atoms with van der Waals surface area (Å²) >= 11 is 6.97. The molecule has 0 fully saturated rings. The van der Waals surface area contributed by atoms with Gasteiger partial charge in [0.15, 0.2) is 0 Å². The van der Waals surface area contributed by atoms with Crippen molar-refractivity contribution < 1.29 is 24.6 Å². The van der Waals surface area contributed by atoms with E-state index in [0.717, 1.165) is 11.4 Å². The largest absolute Gasteiger partial charge is 0.480 e. The van der Waals surface area contributed by atoms with Crippen molar-refractivity contribution in [1.82, 2.24) is 9.47 Å². The second-order valence-electron chi connectivity index (χ2n) is 14.2. The molecule has 0 spiro atoms. The van der Waals surface area contributed by atoms with Crippen molar-refractivity contribution in [1.29, 1.82) is 5.26 Å². The molecule has 55 heavy (non-hydrogen) atoms. The number of thiophene rings is 4. The molecule has 0 radical (unpaired) electrons. The first-order valence-electron chi connectivity index (χ1n) is 17.7. The van der Waals surface area contributed by atoms with E-state index in [1.54, 1.807) is 11.3 Å². The molecule has 0 bridgehead atoms. The quantitative estimate of drug-likeness (QED) is 0.0806. The Morgan fingerprint density at radius 1 is 0.764 bits per heavy atom. The molecule has 7 aromatic rings. The Balaban J connectivity index is 1.10. The number of aliphatic carboxylic acids is 2. The fourth-order valence-electron chi connectivity index (χ4n) is 7.63. The van der Waals surface area contributed by atoms with Crippen LogP contribution in [0.3, 0.4) is 0 Å². The maximum absolute atomic E-state index is 13.1. The fraction of sp³-hybridized carbons (Fsp3) is 0.190. The van der Waals surface area contributed by atoms with Gasteiger partial charge in [-0.2, -0.15) is 5.26 Å². The first kappa shape index (κ1) is 36.9. The van der Waals surface area contributed by atoms with Crippen LogP contribution in [0.1, 0.15) is 22.9 Å².